The maximum atomic E-state index is 15.0. The molecule has 4 rings (SSSR count). The van der Waals surface area contributed by atoms with Crippen molar-refractivity contribution in [3.05, 3.63) is 35.2 Å². The molecular formula is C18H22F2N4S. The van der Waals surface area contributed by atoms with Crippen LogP contribution < -0.4 is 4.90 Å². The number of anilines is 1. The molecule has 3 heterocycles. The van der Waals surface area contributed by atoms with Crippen LogP contribution in [0, 0.1) is 18.6 Å². The molecule has 0 saturated carbocycles. The van der Waals surface area contributed by atoms with Crippen molar-refractivity contribution in [3.8, 4) is 0 Å². The molecule has 7 heteroatoms. The predicted octanol–water partition coefficient (Wildman–Crippen LogP) is 3.05. The molecule has 2 atom stereocenters. The highest BCUT2D eigenvalue weighted by Gasteiger charge is 2.42. The van der Waals surface area contributed by atoms with Gasteiger partial charge in [0.15, 0.2) is 5.82 Å². The second-order valence-corrected chi connectivity index (χ2v) is 8.19. The second kappa shape index (κ2) is 5.71. The number of aliphatic imine (C=N–C) groups is 1. The largest absolute Gasteiger partial charge is 0.347 e. The van der Waals surface area contributed by atoms with Crippen molar-refractivity contribution in [2.75, 3.05) is 37.8 Å². The van der Waals surface area contributed by atoms with Gasteiger partial charge in [0, 0.05) is 37.5 Å². The molecule has 0 aromatic heterocycles. The Labute approximate surface area is 151 Å². The topological polar surface area (TPSA) is 22.1 Å². The van der Waals surface area contributed by atoms with Gasteiger partial charge < -0.3 is 14.7 Å². The first-order chi connectivity index (χ1) is 11.8. The van der Waals surface area contributed by atoms with Crippen LogP contribution in [0.15, 0.2) is 22.3 Å². The summed E-state index contributed by atoms with van der Waals surface area (Å²) in [5.41, 5.74) is 1.04. The van der Waals surface area contributed by atoms with Gasteiger partial charge in [0.1, 0.15) is 17.5 Å². The number of fused-ring (bicyclic) bond motifs is 2. The lowest BCUT2D eigenvalue weighted by atomic mass is 10.00. The SMILES string of the molecule is C=C1N=C2c3c(c(F)c(C)c(F)c3N1C)SCC1CN(C)CC(C)N21. The minimum Gasteiger partial charge on any atom is -0.347 e. The molecule has 1 aromatic carbocycles. The minimum atomic E-state index is -0.520. The van der Waals surface area contributed by atoms with Gasteiger partial charge in [0.2, 0.25) is 0 Å². The fourth-order valence-corrected chi connectivity index (χ4v) is 5.35. The highest BCUT2D eigenvalue weighted by atomic mass is 32.2. The van der Waals surface area contributed by atoms with Gasteiger partial charge >= 0.3 is 0 Å². The van der Waals surface area contributed by atoms with Crippen LogP contribution in [0.2, 0.25) is 0 Å². The molecule has 1 fully saturated rings. The van der Waals surface area contributed by atoms with Gasteiger partial charge in [0.25, 0.3) is 0 Å². The van der Waals surface area contributed by atoms with Crippen LogP contribution in [0.4, 0.5) is 14.5 Å². The molecule has 0 bridgehead atoms. The standard InChI is InChI=1S/C18H22F2N4S/c1-9-6-22(4)7-12-8-25-17-13-16(14(19)10(2)15(17)20)23(5)11(3)21-18(13)24(9)12/h9,12H,3,6-8H2,1-2,4-5H3. The van der Waals surface area contributed by atoms with Crippen molar-refractivity contribution in [1.29, 1.82) is 0 Å². The predicted molar refractivity (Wildman–Crippen MR) is 98.5 cm³/mol. The minimum absolute atomic E-state index is 0.0622. The van der Waals surface area contributed by atoms with E-state index >= 15 is 0 Å². The zero-order chi connectivity index (χ0) is 18.0. The van der Waals surface area contributed by atoms with E-state index in [-0.39, 0.29) is 17.6 Å². The summed E-state index contributed by atoms with van der Waals surface area (Å²) >= 11 is 1.47. The molecule has 134 valence electrons. The zero-order valence-corrected chi connectivity index (χ0v) is 15.8. The molecule has 4 nitrogen and oxygen atoms in total. The number of amidine groups is 1. The van der Waals surface area contributed by atoms with Crippen LogP contribution in [-0.2, 0) is 0 Å². The first kappa shape index (κ1) is 16.8. The van der Waals surface area contributed by atoms with E-state index in [1.807, 2.05) is 0 Å². The van der Waals surface area contributed by atoms with Crippen LogP contribution in [0.1, 0.15) is 18.1 Å². The Balaban J connectivity index is 2.00. The van der Waals surface area contributed by atoms with Gasteiger partial charge in [-0.2, -0.15) is 0 Å². The molecule has 3 aliphatic rings. The molecule has 25 heavy (non-hydrogen) atoms. The van der Waals surface area contributed by atoms with Crippen molar-refractivity contribution < 1.29 is 8.78 Å². The number of likely N-dealkylation sites (N-methyl/N-ethyl adjacent to an activating group) is 1. The van der Waals surface area contributed by atoms with E-state index < -0.39 is 11.6 Å². The molecule has 0 radical (unpaired) electrons. The third kappa shape index (κ3) is 2.32. The Morgan fingerprint density at radius 2 is 1.92 bits per heavy atom. The number of thioether (sulfide) groups is 1. The molecule has 0 aliphatic carbocycles. The highest BCUT2D eigenvalue weighted by Crippen LogP contribution is 2.45. The number of hydrogen-bond donors (Lipinski definition) is 0. The van der Waals surface area contributed by atoms with Gasteiger partial charge in [0.05, 0.1) is 22.2 Å². The van der Waals surface area contributed by atoms with E-state index in [9.17, 15) is 8.78 Å². The molecule has 1 aromatic rings. The third-order valence-electron chi connectivity index (χ3n) is 5.34. The van der Waals surface area contributed by atoms with E-state index in [1.54, 1.807) is 11.9 Å². The van der Waals surface area contributed by atoms with E-state index in [0.717, 1.165) is 18.8 Å². The monoisotopic (exact) mass is 364 g/mol. The average molecular weight is 364 g/mol. The normalized spacial score (nSPS) is 26.2. The van der Waals surface area contributed by atoms with Crippen molar-refractivity contribution in [2.24, 2.45) is 4.99 Å². The average Bonchev–Trinajstić information content (AvgIpc) is 2.70. The van der Waals surface area contributed by atoms with Crippen molar-refractivity contribution in [2.45, 2.75) is 30.8 Å². The number of benzene rings is 1. The molecule has 2 unspecified atom stereocenters. The maximum absolute atomic E-state index is 15.0. The van der Waals surface area contributed by atoms with Gasteiger partial charge in [-0.3, -0.25) is 0 Å². The number of rotatable bonds is 0. The lowest BCUT2D eigenvalue weighted by Gasteiger charge is -2.46. The number of nitrogens with zero attached hydrogens (tertiary/aromatic N) is 4. The van der Waals surface area contributed by atoms with E-state index in [0.29, 0.717) is 27.8 Å². The summed E-state index contributed by atoms with van der Waals surface area (Å²) in [6.45, 7) is 9.39. The van der Waals surface area contributed by atoms with Gasteiger partial charge in [-0.15, -0.1) is 11.8 Å². The Morgan fingerprint density at radius 1 is 1.20 bits per heavy atom. The van der Waals surface area contributed by atoms with E-state index in [1.165, 1.54) is 18.7 Å². The van der Waals surface area contributed by atoms with Crippen LogP contribution in [0.3, 0.4) is 0 Å². The van der Waals surface area contributed by atoms with Crippen LogP contribution in [0.5, 0.6) is 0 Å². The first-order valence-corrected chi connectivity index (χ1v) is 9.42. The summed E-state index contributed by atoms with van der Waals surface area (Å²) in [5.74, 6) is 0.915. The lowest BCUT2D eigenvalue weighted by molar-refractivity contribution is 0.116. The van der Waals surface area contributed by atoms with Gasteiger partial charge in [-0.05, 0) is 20.9 Å². The summed E-state index contributed by atoms with van der Waals surface area (Å²) in [4.78, 5) is 11.3. The van der Waals surface area contributed by atoms with E-state index in [2.05, 4.69) is 35.3 Å². The highest BCUT2D eigenvalue weighted by molar-refractivity contribution is 7.99. The molecule has 0 N–H and O–H groups in total. The maximum Gasteiger partial charge on any atom is 0.153 e. The number of halogens is 2. The summed E-state index contributed by atoms with van der Waals surface area (Å²) in [6, 6.07) is 0.419. The summed E-state index contributed by atoms with van der Waals surface area (Å²) in [5, 5.41) is 0. The summed E-state index contributed by atoms with van der Waals surface area (Å²) in [7, 11) is 3.83. The van der Waals surface area contributed by atoms with E-state index in [4.69, 9.17) is 0 Å². The van der Waals surface area contributed by atoms with Crippen LogP contribution in [-0.4, -0.2) is 60.7 Å². The molecule has 1 saturated heterocycles. The third-order valence-corrected chi connectivity index (χ3v) is 6.57. The molecule has 0 spiro atoms. The molecule has 0 amide bonds. The lowest BCUT2D eigenvalue weighted by Crippen LogP contribution is -2.59. The smallest absolute Gasteiger partial charge is 0.153 e. The molecular weight excluding hydrogens is 342 g/mol. The van der Waals surface area contributed by atoms with Gasteiger partial charge in [-0.1, -0.05) is 6.58 Å². The Kier molecular flexibility index (Phi) is 3.85. The van der Waals surface area contributed by atoms with Crippen molar-refractivity contribution in [1.82, 2.24) is 9.80 Å². The second-order valence-electron chi connectivity index (χ2n) is 7.16. The first-order valence-electron chi connectivity index (χ1n) is 8.44. The van der Waals surface area contributed by atoms with Crippen molar-refractivity contribution >= 4 is 23.3 Å². The van der Waals surface area contributed by atoms with Crippen LogP contribution in [0.25, 0.3) is 0 Å². The van der Waals surface area contributed by atoms with Gasteiger partial charge in [-0.25, -0.2) is 13.8 Å². The fourth-order valence-electron chi connectivity index (χ4n) is 4.11. The fraction of sp³-hybridized carbons (Fsp3) is 0.500. The van der Waals surface area contributed by atoms with Crippen molar-refractivity contribution in [3.63, 3.8) is 0 Å². The van der Waals surface area contributed by atoms with Crippen LogP contribution >= 0.6 is 11.8 Å². The number of piperazine rings is 1. The number of hydrogen-bond acceptors (Lipinski definition) is 5. The summed E-state index contributed by atoms with van der Waals surface area (Å²) in [6.07, 6.45) is 0. The zero-order valence-electron chi connectivity index (χ0n) is 14.9. The Bertz CT molecular complexity index is 807. The summed E-state index contributed by atoms with van der Waals surface area (Å²) < 4.78 is 29.9. The quantitative estimate of drug-likeness (QED) is 0.705. The Morgan fingerprint density at radius 3 is 2.64 bits per heavy atom. The Hall–Kier alpha value is -1.60. The molecule has 3 aliphatic heterocycles.